The van der Waals surface area contributed by atoms with Gasteiger partial charge >= 0.3 is 0 Å². The van der Waals surface area contributed by atoms with E-state index < -0.39 is 0 Å². The van der Waals surface area contributed by atoms with Gasteiger partial charge in [0.25, 0.3) is 0 Å². The Kier molecular flexibility index (Phi) is 5.90. The Bertz CT molecular complexity index is 902. The van der Waals surface area contributed by atoms with Crippen LogP contribution in [-0.4, -0.2) is 22.7 Å². The highest BCUT2D eigenvalue weighted by molar-refractivity contribution is 7.99. The second-order valence-corrected chi connectivity index (χ2v) is 13.2. The van der Waals surface area contributed by atoms with Crippen molar-refractivity contribution in [2.45, 2.75) is 89.6 Å². The third-order valence-corrected chi connectivity index (χ3v) is 11.1. The van der Waals surface area contributed by atoms with Crippen molar-refractivity contribution in [2.24, 2.45) is 34.5 Å². The molecule has 0 radical (unpaired) electrons. The molecule has 7 atom stereocenters. The molecular weight excluding hydrogens is 412 g/mol. The smallest absolute Gasteiger partial charge is 0.133 e. The van der Waals surface area contributed by atoms with Crippen LogP contribution in [-0.2, 0) is 4.79 Å². The van der Waals surface area contributed by atoms with Crippen molar-refractivity contribution in [3.8, 4) is 0 Å². The van der Waals surface area contributed by atoms with Gasteiger partial charge in [-0.2, -0.15) is 0 Å². The van der Waals surface area contributed by atoms with Crippen molar-refractivity contribution in [2.75, 3.05) is 5.75 Å². The summed E-state index contributed by atoms with van der Waals surface area (Å²) in [6.45, 7) is 9.35. The van der Waals surface area contributed by atoms with E-state index in [1.54, 1.807) is 0 Å². The first-order chi connectivity index (χ1) is 15.2. The summed E-state index contributed by atoms with van der Waals surface area (Å²) >= 11 is 1.91. The van der Waals surface area contributed by atoms with Gasteiger partial charge in [0, 0.05) is 23.5 Å². The van der Waals surface area contributed by atoms with Crippen molar-refractivity contribution in [1.82, 2.24) is 0 Å². The predicted molar refractivity (Wildman–Crippen MR) is 133 cm³/mol. The van der Waals surface area contributed by atoms with Crippen LogP contribution in [0, 0.1) is 34.5 Å². The van der Waals surface area contributed by atoms with Crippen LogP contribution in [0.3, 0.4) is 0 Å². The highest BCUT2D eigenvalue weighted by Gasteiger charge is 2.58. The van der Waals surface area contributed by atoms with Crippen LogP contribution in [0.2, 0.25) is 0 Å². The number of carbonyl (C=O) groups excluding carboxylic acids is 1. The molecule has 0 amide bonds. The number of hydrogen-bond donors (Lipinski definition) is 1. The van der Waals surface area contributed by atoms with Gasteiger partial charge in [0.1, 0.15) is 5.78 Å². The SMILES string of the molecule is CC(C)c1ccc(SCC2C[C@@]3(C)C(=CC[C@H]4[C@@H]5CC(=O)C[C@@]5(C)CC[C@@H]43)C[C@H]2O)cc1. The molecule has 3 saturated carbocycles. The molecule has 0 spiro atoms. The van der Waals surface area contributed by atoms with Gasteiger partial charge in [0.15, 0.2) is 0 Å². The number of ketones is 1. The van der Waals surface area contributed by atoms with E-state index in [1.165, 1.54) is 28.9 Å². The molecule has 32 heavy (non-hydrogen) atoms. The summed E-state index contributed by atoms with van der Waals surface area (Å²) in [6, 6.07) is 9.00. The largest absolute Gasteiger partial charge is 0.392 e. The van der Waals surface area contributed by atoms with Gasteiger partial charge in [-0.05, 0) is 90.2 Å². The topological polar surface area (TPSA) is 37.3 Å². The van der Waals surface area contributed by atoms with Crippen LogP contribution in [0.1, 0.15) is 84.1 Å². The zero-order chi connectivity index (χ0) is 22.7. The van der Waals surface area contributed by atoms with Crippen molar-refractivity contribution in [1.29, 1.82) is 0 Å². The lowest BCUT2D eigenvalue weighted by molar-refractivity contribution is -0.118. The summed E-state index contributed by atoms with van der Waals surface area (Å²) in [6.07, 6.45) is 9.39. The van der Waals surface area contributed by atoms with Crippen LogP contribution >= 0.6 is 11.8 Å². The minimum atomic E-state index is -0.227. The summed E-state index contributed by atoms with van der Waals surface area (Å²) in [5.41, 5.74) is 3.34. The van der Waals surface area contributed by atoms with Crippen molar-refractivity contribution in [3.05, 3.63) is 41.5 Å². The number of Topliss-reactive ketones (excluding diaryl/α,β-unsaturated/α-hetero) is 1. The first-order valence-corrected chi connectivity index (χ1v) is 13.8. The number of aliphatic hydroxyl groups excluding tert-OH is 1. The van der Waals surface area contributed by atoms with Gasteiger partial charge in [-0.3, -0.25) is 4.79 Å². The second-order valence-electron chi connectivity index (χ2n) is 12.1. The van der Waals surface area contributed by atoms with Gasteiger partial charge < -0.3 is 5.11 Å². The van der Waals surface area contributed by atoms with Gasteiger partial charge in [0.2, 0.25) is 0 Å². The molecule has 0 aliphatic heterocycles. The summed E-state index contributed by atoms with van der Waals surface area (Å²) in [4.78, 5) is 13.7. The van der Waals surface area contributed by atoms with E-state index >= 15 is 0 Å². The molecule has 4 aliphatic rings. The van der Waals surface area contributed by atoms with Crippen molar-refractivity contribution in [3.63, 3.8) is 0 Å². The van der Waals surface area contributed by atoms with E-state index in [0.29, 0.717) is 35.4 Å². The van der Waals surface area contributed by atoms with Crippen LogP contribution in [0.25, 0.3) is 0 Å². The average Bonchev–Trinajstić information content (AvgIpc) is 3.07. The Morgan fingerprint density at radius 3 is 2.59 bits per heavy atom. The third kappa shape index (κ3) is 3.82. The first kappa shape index (κ1) is 22.7. The molecule has 3 fully saturated rings. The Hall–Kier alpha value is -1.06. The van der Waals surface area contributed by atoms with Crippen LogP contribution in [0.15, 0.2) is 40.8 Å². The molecule has 174 valence electrons. The summed E-state index contributed by atoms with van der Waals surface area (Å²) in [5, 5.41) is 11.0. The fourth-order valence-corrected chi connectivity index (χ4v) is 9.01. The maximum Gasteiger partial charge on any atom is 0.133 e. The van der Waals surface area contributed by atoms with Gasteiger partial charge in [-0.1, -0.05) is 51.5 Å². The van der Waals surface area contributed by atoms with E-state index in [2.05, 4.69) is 58.0 Å². The number of aliphatic hydroxyl groups is 1. The standard InChI is InChI=1S/C29H40O2S/c1-18(2)19-5-8-23(9-6-19)32-17-20-15-29(4)21(13-27(20)31)7-10-24-25(29)11-12-28(3)16-22(30)14-26(24)28/h5-9,18,20,24-27,31H,10-17H2,1-4H3/t20?,24-,25+,26+,27-,28-,29+/m1/s1. The number of carbonyl (C=O) groups is 1. The monoisotopic (exact) mass is 452 g/mol. The van der Waals surface area contributed by atoms with E-state index in [0.717, 1.165) is 37.9 Å². The number of thioether (sulfide) groups is 1. The summed E-state index contributed by atoms with van der Waals surface area (Å²) < 4.78 is 0. The van der Waals surface area contributed by atoms with E-state index in [-0.39, 0.29) is 16.9 Å². The molecule has 0 aromatic heterocycles. The Morgan fingerprint density at radius 1 is 1.12 bits per heavy atom. The minimum Gasteiger partial charge on any atom is -0.392 e. The highest BCUT2D eigenvalue weighted by Crippen LogP contribution is 2.64. The molecule has 0 bridgehead atoms. The van der Waals surface area contributed by atoms with Gasteiger partial charge in [0.05, 0.1) is 6.10 Å². The molecule has 4 aliphatic carbocycles. The van der Waals surface area contributed by atoms with Crippen molar-refractivity contribution >= 4 is 17.5 Å². The Labute approximate surface area is 198 Å². The van der Waals surface area contributed by atoms with Crippen LogP contribution in [0.5, 0.6) is 0 Å². The number of rotatable bonds is 4. The quantitative estimate of drug-likeness (QED) is 0.394. The molecule has 1 N–H and O–H groups in total. The molecular formula is C29H40O2S. The lowest BCUT2D eigenvalue weighted by Gasteiger charge is -2.58. The first-order valence-electron chi connectivity index (χ1n) is 12.8. The molecule has 3 heteroatoms. The minimum absolute atomic E-state index is 0.196. The molecule has 2 nitrogen and oxygen atoms in total. The van der Waals surface area contributed by atoms with Gasteiger partial charge in [-0.15, -0.1) is 11.8 Å². The van der Waals surface area contributed by atoms with E-state index in [9.17, 15) is 9.90 Å². The maximum absolute atomic E-state index is 12.4. The number of fused-ring (bicyclic) bond motifs is 5. The zero-order valence-electron chi connectivity index (χ0n) is 20.3. The van der Waals surface area contributed by atoms with Crippen molar-refractivity contribution < 1.29 is 9.90 Å². The van der Waals surface area contributed by atoms with E-state index in [4.69, 9.17) is 0 Å². The number of benzene rings is 1. The molecule has 5 rings (SSSR count). The highest BCUT2D eigenvalue weighted by atomic mass is 32.2. The predicted octanol–water partition coefficient (Wildman–Crippen LogP) is 7.02. The van der Waals surface area contributed by atoms with Crippen LogP contribution < -0.4 is 0 Å². The fourth-order valence-electron chi connectivity index (χ4n) is 7.93. The summed E-state index contributed by atoms with van der Waals surface area (Å²) in [5.74, 6) is 4.29. The molecule has 0 heterocycles. The Morgan fingerprint density at radius 2 is 1.88 bits per heavy atom. The number of hydrogen-bond acceptors (Lipinski definition) is 3. The summed E-state index contributed by atoms with van der Waals surface area (Å²) in [7, 11) is 0. The molecule has 1 unspecified atom stereocenters. The van der Waals surface area contributed by atoms with Gasteiger partial charge in [-0.25, -0.2) is 0 Å². The normalized spacial score (nSPS) is 41.1. The van der Waals surface area contributed by atoms with E-state index in [1.807, 2.05) is 11.8 Å². The number of allylic oxidation sites excluding steroid dienone is 1. The maximum atomic E-state index is 12.4. The third-order valence-electron chi connectivity index (χ3n) is 9.86. The molecule has 1 aromatic rings. The molecule has 1 aromatic carbocycles. The fraction of sp³-hybridized carbons (Fsp3) is 0.690. The lowest BCUT2D eigenvalue weighted by Crippen LogP contribution is -2.51. The average molecular weight is 453 g/mol. The molecule has 0 saturated heterocycles. The van der Waals surface area contributed by atoms with Crippen LogP contribution in [0.4, 0.5) is 0 Å². The second kappa shape index (κ2) is 8.31. The zero-order valence-corrected chi connectivity index (χ0v) is 21.1. The Balaban J connectivity index is 1.32. The lowest BCUT2D eigenvalue weighted by atomic mass is 9.47.